The molecule has 0 saturated heterocycles. The van der Waals surface area contributed by atoms with E-state index in [0.29, 0.717) is 5.88 Å². The van der Waals surface area contributed by atoms with Gasteiger partial charge in [-0.2, -0.15) is 0 Å². The van der Waals surface area contributed by atoms with Crippen molar-refractivity contribution in [2.24, 2.45) is 0 Å². The van der Waals surface area contributed by atoms with E-state index in [-0.39, 0.29) is 6.61 Å². The van der Waals surface area contributed by atoms with Crippen molar-refractivity contribution in [3.63, 3.8) is 0 Å². The molecule has 0 aromatic carbocycles. The van der Waals surface area contributed by atoms with E-state index in [2.05, 4.69) is 4.52 Å². The van der Waals surface area contributed by atoms with E-state index in [9.17, 15) is 4.57 Å². The highest BCUT2D eigenvalue weighted by Crippen LogP contribution is 2.26. The van der Waals surface area contributed by atoms with E-state index in [1.807, 2.05) is 0 Å². The van der Waals surface area contributed by atoms with E-state index in [4.69, 9.17) is 22.8 Å². The largest absolute Gasteiger partial charge is 0.318 e. The van der Waals surface area contributed by atoms with Crippen molar-refractivity contribution in [1.82, 2.24) is 0 Å². The topological polar surface area (TPSA) is 26.3 Å². The van der Waals surface area contributed by atoms with Gasteiger partial charge in [0.05, 0.1) is 6.61 Å². The molecule has 2 nitrogen and oxygen atoms in total. The molecule has 0 N–H and O–H groups in total. The molecular weight excluding hydrogens is 158 g/mol. The first-order chi connectivity index (χ1) is 3.27. The van der Waals surface area contributed by atoms with Crippen LogP contribution in [0.1, 0.15) is 0 Å². The Bertz CT molecular complexity index is 66.7. The van der Waals surface area contributed by atoms with E-state index in [1.54, 1.807) is 0 Å². The van der Waals surface area contributed by atoms with Crippen molar-refractivity contribution in [1.29, 1.82) is 0 Å². The van der Waals surface area contributed by atoms with E-state index >= 15 is 0 Å². The predicted molar refractivity (Wildman–Crippen MR) is 31.5 cm³/mol. The first-order valence-electron chi connectivity index (χ1n) is 1.65. The van der Waals surface area contributed by atoms with E-state index in [1.165, 1.54) is 0 Å². The Balaban J connectivity index is 2.82. The fourth-order valence-electron chi connectivity index (χ4n) is 0.119. The second kappa shape index (κ2) is 4.92. The molecule has 0 spiro atoms. The van der Waals surface area contributed by atoms with Crippen LogP contribution in [0.5, 0.6) is 0 Å². The Morgan fingerprint density at radius 1 is 1.71 bits per heavy atom. The molecule has 0 aliphatic rings. The molecule has 0 amide bonds. The molecule has 0 fully saturated rings. The zero-order valence-corrected chi connectivity index (χ0v) is 6.00. The van der Waals surface area contributed by atoms with Crippen LogP contribution < -0.4 is 0 Å². The summed E-state index contributed by atoms with van der Waals surface area (Å²) in [6, 6.07) is 0. The second-order valence-corrected chi connectivity index (χ2v) is 2.84. The quantitative estimate of drug-likeness (QED) is 0.468. The third kappa shape index (κ3) is 6.77. The normalized spacial score (nSPS) is 14.0. The molecule has 0 radical (unpaired) electrons. The zero-order valence-electron chi connectivity index (χ0n) is 3.49. The second-order valence-electron chi connectivity index (χ2n) is 0.775. The third-order valence-corrected chi connectivity index (χ3v) is 1.21. The van der Waals surface area contributed by atoms with Gasteiger partial charge in [-0.15, -0.1) is 11.6 Å². The van der Waals surface area contributed by atoms with Crippen LogP contribution in [0, 0.1) is 0 Å². The summed E-state index contributed by atoms with van der Waals surface area (Å²) < 4.78 is 14.2. The highest BCUT2D eigenvalue weighted by Gasteiger charge is 1.87. The van der Waals surface area contributed by atoms with Gasteiger partial charge in [0.25, 0.3) is 7.38 Å². The van der Waals surface area contributed by atoms with Gasteiger partial charge in [0.1, 0.15) is 0 Å². The molecule has 0 aliphatic carbocycles. The van der Waals surface area contributed by atoms with Crippen LogP contribution in [0.25, 0.3) is 0 Å². The molecular formula is C2H5Cl2O2P. The summed E-state index contributed by atoms with van der Waals surface area (Å²) >= 11 is 10.1. The monoisotopic (exact) mass is 162 g/mol. The standard InChI is InChI=1S/C2H5Cl2O2P/c3-1-2-6-7(4)5/h7H,1-2H2. The fraction of sp³-hybridized carbons (Fsp3) is 1.00. The van der Waals surface area contributed by atoms with Gasteiger partial charge in [-0.25, -0.2) is 0 Å². The van der Waals surface area contributed by atoms with Gasteiger partial charge in [0, 0.05) is 5.88 Å². The van der Waals surface area contributed by atoms with Gasteiger partial charge in [0.15, 0.2) is 0 Å². The van der Waals surface area contributed by atoms with Crippen LogP contribution in [0.3, 0.4) is 0 Å². The molecule has 5 heteroatoms. The number of rotatable bonds is 3. The van der Waals surface area contributed by atoms with Crippen LogP contribution in [0.4, 0.5) is 0 Å². The molecule has 0 bridgehead atoms. The minimum absolute atomic E-state index is 0.267. The van der Waals surface area contributed by atoms with Gasteiger partial charge in [-0.1, -0.05) is 0 Å². The molecule has 0 heterocycles. The van der Waals surface area contributed by atoms with E-state index in [0.717, 1.165) is 0 Å². The van der Waals surface area contributed by atoms with Crippen molar-refractivity contribution in [3.05, 3.63) is 0 Å². The first-order valence-corrected chi connectivity index (χ1v) is 4.52. The summed E-state index contributed by atoms with van der Waals surface area (Å²) in [7, 11) is -2.26. The average molecular weight is 163 g/mol. The summed E-state index contributed by atoms with van der Waals surface area (Å²) in [5.41, 5.74) is 0. The molecule has 0 aliphatic heterocycles. The molecule has 1 atom stereocenters. The number of hydrogen-bond donors (Lipinski definition) is 0. The minimum Gasteiger partial charge on any atom is -0.318 e. The molecule has 0 aromatic heterocycles. The molecule has 44 valence electrons. The van der Waals surface area contributed by atoms with Crippen molar-refractivity contribution in [2.75, 3.05) is 12.5 Å². The zero-order chi connectivity index (χ0) is 5.70. The fourth-order valence-corrected chi connectivity index (χ4v) is 0.819. The van der Waals surface area contributed by atoms with Gasteiger partial charge in [-0.3, -0.25) is 4.57 Å². The van der Waals surface area contributed by atoms with Crippen molar-refractivity contribution in [3.8, 4) is 0 Å². The summed E-state index contributed by atoms with van der Waals surface area (Å²) in [5.74, 6) is 0.336. The Morgan fingerprint density at radius 2 is 2.29 bits per heavy atom. The Kier molecular flexibility index (Phi) is 5.46. The van der Waals surface area contributed by atoms with Crippen molar-refractivity contribution >= 4 is 30.2 Å². The molecule has 0 saturated carbocycles. The maximum Gasteiger partial charge on any atom is 0.278 e. The molecule has 0 aromatic rings. The van der Waals surface area contributed by atoms with Crippen molar-refractivity contribution in [2.45, 2.75) is 0 Å². The molecule has 7 heavy (non-hydrogen) atoms. The molecule has 1 unspecified atom stereocenters. The van der Waals surface area contributed by atoms with Crippen LogP contribution >= 0.6 is 30.2 Å². The Morgan fingerprint density at radius 3 is 2.43 bits per heavy atom. The maximum absolute atomic E-state index is 9.87. The minimum atomic E-state index is -2.26. The van der Waals surface area contributed by atoms with Crippen LogP contribution in [0.15, 0.2) is 0 Å². The van der Waals surface area contributed by atoms with Gasteiger partial charge < -0.3 is 4.52 Å². The summed E-state index contributed by atoms with van der Waals surface area (Å²) in [4.78, 5) is 0. The van der Waals surface area contributed by atoms with Crippen LogP contribution in [0.2, 0.25) is 0 Å². The van der Waals surface area contributed by atoms with Gasteiger partial charge >= 0.3 is 0 Å². The lowest BCUT2D eigenvalue weighted by Crippen LogP contribution is -1.82. The maximum atomic E-state index is 9.87. The Labute approximate surface area is 52.4 Å². The predicted octanol–water partition coefficient (Wildman–Crippen LogP) is 1.87. The van der Waals surface area contributed by atoms with Gasteiger partial charge in [-0.05, 0) is 11.2 Å². The lowest BCUT2D eigenvalue weighted by Gasteiger charge is -1.89. The summed E-state index contributed by atoms with van der Waals surface area (Å²) in [6.07, 6.45) is 0. The smallest absolute Gasteiger partial charge is 0.278 e. The first kappa shape index (κ1) is 7.77. The lowest BCUT2D eigenvalue weighted by molar-refractivity contribution is 0.363. The average Bonchev–Trinajstić information content (AvgIpc) is 1.61. The van der Waals surface area contributed by atoms with Gasteiger partial charge in [0.2, 0.25) is 0 Å². The summed E-state index contributed by atoms with van der Waals surface area (Å²) in [6.45, 7) is 0.267. The highest BCUT2D eigenvalue weighted by molar-refractivity contribution is 7.69. The Hall–Kier alpha value is 0.770. The lowest BCUT2D eigenvalue weighted by atomic mass is 10.9. The van der Waals surface area contributed by atoms with Crippen molar-refractivity contribution < 1.29 is 9.09 Å². The van der Waals surface area contributed by atoms with E-state index < -0.39 is 7.38 Å². The number of alkyl halides is 1. The van der Waals surface area contributed by atoms with Crippen LogP contribution in [-0.4, -0.2) is 12.5 Å². The SMILES string of the molecule is O=[PH](Cl)OCCCl. The molecule has 0 rings (SSSR count). The number of halogens is 2. The van der Waals surface area contributed by atoms with Crippen LogP contribution in [-0.2, 0) is 9.09 Å². The number of hydrogen-bond acceptors (Lipinski definition) is 2. The highest BCUT2D eigenvalue weighted by atomic mass is 35.7. The third-order valence-electron chi connectivity index (χ3n) is 0.293. The summed E-state index contributed by atoms with van der Waals surface area (Å²) in [5, 5.41) is 0.